The van der Waals surface area contributed by atoms with Gasteiger partial charge in [0.15, 0.2) is 0 Å². The first kappa shape index (κ1) is 20.3. The van der Waals surface area contributed by atoms with Crippen molar-refractivity contribution < 1.29 is 13.2 Å². The molecule has 2 aromatic rings. The second-order valence-electron chi connectivity index (χ2n) is 6.67. The number of aryl methyl sites for hydroxylation is 1. The predicted octanol–water partition coefficient (Wildman–Crippen LogP) is 2.73. The number of hydrogen-bond donors (Lipinski definition) is 0. The van der Waals surface area contributed by atoms with Gasteiger partial charge in [0.25, 0.3) is 5.16 Å². The van der Waals surface area contributed by atoms with Crippen molar-refractivity contribution in [2.24, 2.45) is 0 Å². The maximum Gasteiger partial charge on any atom is 0.250 e. The molecule has 1 heterocycles. The number of rotatable bonds is 9. The highest BCUT2D eigenvalue weighted by Crippen LogP contribution is 2.19. The van der Waals surface area contributed by atoms with Crippen LogP contribution in [0, 0.1) is 0 Å². The number of benzene rings is 1. The Kier molecular flexibility index (Phi) is 7.11. The lowest BCUT2D eigenvalue weighted by atomic mass is 10.2. The Balaban J connectivity index is 2.31. The molecule has 0 fully saturated rings. The molecule has 0 bridgehead atoms. The molecule has 0 N–H and O–H groups in total. The van der Waals surface area contributed by atoms with E-state index in [0.717, 1.165) is 6.42 Å². The van der Waals surface area contributed by atoms with Gasteiger partial charge in [-0.25, -0.2) is 13.4 Å². The second-order valence-corrected chi connectivity index (χ2v) is 8.55. The highest BCUT2D eigenvalue weighted by atomic mass is 32.2. The van der Waals surface area contributed by atoms with Gasteiger partial charge >= 0.3 is 0 Å². The topological polar surface area (TPSA) is 72.4 Å². The summed E-state index contributed by atoms with van der Waals surface area (Å²) in [5.74, 6) is 0.181. The van der Waals surface area contributed by atoms with Crippen LogP contribution in [-0.2, 0) is 22.0 Å². The van der Waals surface area contributed by atoms with Gasteiger partial charge in [-0.15, -0.1) is 0 Å². The molecule has 0 aliphatic rings. The third-order valence-corrected chi connectivity index (χ3v) is 5.12. The number of aromatic nitrogens is 2. The van der Waals surface area contributed by atoms with Gasteiger partial charge in [0.1, 0.15) is 6.10 Å². The molecule has 6 nitrogen and oxygen atoms in total. The first-order valence-corrected chi connectivity index (χ1v) is 10.4. The minimum absolute atomic E-state index is 0.112. The van der Waals surface area contributed by atoms with Crippen LogP contribution in [0.4, 0.5) is 0 Å². The summed E-state index contributed by atoms with van der Waals surface area (Å²) in [6.45, 7) is 4.66. The molecule has 0 radical (unpaired) electrons. The summed E-state index contributed by atoms with van der Waals surface area (Å²) in [6, 6.07) is 10.8. The Morgan fingerprint density at radius 3 is 2.46 bits per heavy atom. The largest absolute Gasteiger partial charge is 0.473 e. The van der Waals surface area contributed by atoms with E-state index in [1.807, 2.05) is 51.0 Å². The van der Waals surface area contributed by atoms with Gasteiger partial charge < -0.3 is 9.64 Å². The molecule has 0 aliphatic heterocycles. The lowest BCUT2D eigenvalue weighted by Crippen LogP contribution is -2.28. The molecule has 1 atom stereocenters. The van der Waals surface area contributed by atoms with Crippen molar-refractivity contribution in [3.8, 4) is 5.88 Å². The van der Waals surface area contributed by atoms with Crippen LogP contribution in [0.3, 0.4) is 0 Å². The summed E-state index contributed by atoms with van der Waals surface area (Å²) in [5, 5.41) is -0.167. The SMILES string of the molecule is CCCc1cc(OC(C)CN(C)C)nc(S(=O)(=O)Cc2ccccc2)n1. The van der Waals surface area contributed by atoms with E-state index in [-0.39, 0.29) is 17.0 Å². The van der Waals surface area contributed by atoms with Crippen molar-refractivity contribution in [1.29, 1.82) is 0 Å². The minimum atomic E-state index is -3.65. The molecule has 1 unspecified atom stereocenters. The summed E-state index contributed by atoms with van der Waals surface area (Å²) in [6.07, 6.45) is 1.43. The van der Waals surface area contributed by atoms with Gasteiger partial charge in [-0.2, -0.15) is 4.98 Å². The molecule has 1 aromatic heterocycles. The summed E-state index contributed by atoms with van der Waals surface area (Å²) in [4.78, 5) is 10.5. The normalized spacial score (nSPS) is 13.0. The Labute approximate surface area is 156 Å². The Bertz CT molecular complexity index is 808. The number of hydrogen-bond acceptors (Lipinski definition) is 6. The fourth-order valence-corrected chi connectivity index (χ4v) is 3.89. The van der Waals surface area contributed by atoms with Crippen LogP contribution in [0.2, 0.25) is 0 Å². The third kappa shape index (κ3) is 6.07. The van der Waals surface area contributed by atoms with E-state index < -0.39 is 9.84 Å². The predicted molar refractivity (Wildman–Crippen MR) is 102 cm³/mol. The molecule has 1 aromatic carbocycles. The van der Waals surface area contributed by atoms with Crippen molar-refractivity contribution >= 4 is 9.84 Å². The Morgan fingerprint density at radius 1 is 1.15 bits per heavy atom. The van der Waals surface area contributed by atoms with E-state index in [4.69, 9.17) is 4.74 Å². The molecule has 0 saturated carbocycles. The average molecular weight is 378 g/mol. The van der Waals surface area contributed by atoms with Gasteiger partial charge in [-0.05, 0) is 33.0 Å². The van der Waals surface area contributed by atoms with Gasteiger partial charge in [0.05, 0.1) is 5.75 Å². The molecule has 0 saturated heterocycles. The van der Waals surface area contributed by atoms with E-state index in [2.05, 4.69) is 9.97 Å². The van der Waals surface area contributed by atoms with E-state index in [1.165, 1.54) is 0 Å². The fourth-order valence-electron chi connectivity index (χ4n) is 2.65. The molecule has 7 heteroatoms. The van der Waals surface area contributed by atoms with Crippen LogP contribution < -0.4 is 4.74 Å². The van der Waals surface area contributed by atoms with Gasteiger partial charge in [-0.3, -0.25) is 0 Å². The number of sulfone groups is 1. The lowest BCUT2D eigenvalue weighted by Gasteiger charge is -2.18. The summed E-state index contributed by atoms with van der Waals surface area (Å²) in [7, 11) is 0.265. The van der Waals surface area contributed by atoms with Crippen LogP contribution in [-0.4, -0.2) is 50.0 Å². The van der Waals surface area contributed by atoms with Crippen molar-refractivity contribution in [3.05, 3.63) is 47.7 Å². The molecule has 26 heavy (non-hydrogen) atoms. The van der Waals surface area contributed by atoms with Gasteiger partial charge in [-0.1, -0.05) is 43.7 Å². The lowest BCUT2D eigenvalue weighted by molar-refractivity contribution is 0.168. The van der Waals surface area contributed by atoms with E-state index in [9.17, 15) is 8.42 Å². The van der Waals surface area contributed by atoms with E-state index in [0.29, 0.717) is 30.1 Å². The van der Waals surface area contributed by atoms with Crippen molar-refractivity contribution in [1.82, 2.24) is 14.9 Å². The zero-order valence-corrected chi connectivity index (χ0v) is 16.7. The van der Waals surface area contributed by atoms with Crippen LogP contribution in [0.25, 0.3) is 0 Å². The Morgan fingerprint density at radius 2 is 1.85 bits per heavy atom. The smallest absolute Gasteiger partial charge is 0.250 e. The molecule has 0 amide bonds. The zero-order valence-electron chi connectivity index (χ0n) is 15.8. The minimum Gasteiger partial charge on any atom is -0.473 e. The van der Waals surface area contributed by atoms with Crippen molar-refractivity contribution in [2.75, 3.05) is 20.6 Å². The maximum atomic E-state index is 12.8. The quantitative estimate of drug-likeness (QED) is 0.626. The molecule has 2 rings (SSSR count). The average Bonchev–Trinajstić information content (AvgIpc) is 2.54. The van der Waals surface area contributed by atoms with Crippen LogP contribution in [0.1, 0.15) is 31.5 Å². The van der Waals surface area contributed by atoms with Gasteiger partial charge in [0, 0.05) is 18.3 Å². The molecular formula is C19H27N3O3S. The first-order chi connectivity index (χ1) is 12.3. The monoisotopic (exact) mass is 377 g/mol. The second kappa shape index (κ2) is 9.09. The third-order valence-electron chi connectivity index (χ3n) is 3.66. The van der Waals surface area contributed by atoms with Crippen LogP contribution >= 0.6 is 0 Å². The number of likely N-dealkylation sites (N-methyl/N-ethyl adjacent to an activating group) is 1. The van der Waals surface area contributed by atoms with E-state index >= 15 is 0 Å². The highest BCUT2D eigenvalue weighted by molar-refractivity contribution is 7.90. The maximum absolute atomic E-state index is 12.8. The van der Waals surface area contributed by atoms with Crippen molar-refractivity contribution in [3.63, 3.8) is 0 Å². The van der Waals surface area contributed by atoms with Gasteiger partial charge in [0.2, 0.25) is 15.7 Å². The molecule has 0 spiro atoms. The van der Waals surface area contributed by atoms with Crippen LogP contribution in [0.15, 0.2) is 41.6 Å². The molecule has 0 aliphatic carbocycles. The van der Waals surface area contributed by atoms with Crippen molar-refractivity contribution in [2.45, 2.75) is 43.7 Å². The van der Waals surface area contributed by atoms with E-state index in [1.54, 1.807) is 18.2 Å². The van der Waals surface area contributed by atoms with Crippen LogP contribution in [0.5, 0.6) is 5.88 Å². The fraction of sp³-hybridized carbons (Fsp3) is 0.474. The number of ether oxygens (including phenoxy) is 1. The first-order valence-electron chi connectivity index (χ1n) is 8.76. The highest BCUT2D eigenvalue weighted by Gasteiger charge is 2.21. The molecule has 142 valence electrons. The molecular weight excluding hydrogens is 350 g/mol. The summed E-state index contributed by atoms with van der Waals surface area (Å²) < 4.78 is 31.4. The summed E-state index contributed by atoms with van der Waals surface area (Å²) >= 11 is 0. The summed E-state index contributed by atoms with van der Waals surface area (Å²) in [5.41, 5.74) is 1.39. The zero-order chi connectivity index (χ0) is 19.2. The Hall–Kier alpha value is -1.99. The standard InChI is InChI=1S/C19H27N3O3S/c1-5-9-17-12-18(25-15(2)13-22(3)4)21-19(20-17)26(23,24)14-16-10-7-6-8-11-16/h6-8,10-12,15H,5,9,13-14H2,1-4H3. The number of nitrogens with zero attached hydrogens (tertiary/aromatic N) is 3.